The zero-order chi connectivity index (χ0) is 19.7. The fourth-order valence-corrected chi connectivity index (χ4v) is 2.94. The third-order valence-electron chi connectivity index (χ3n) is 4.10. The minimum Gasteiger partial charge on any atom is -0.500 e. The van der Waals surface area contributed by atoms with Gasteiger partial charge in [-0.25, -0.2) is 9.48 Å². The number of rotatable bonds is 5. The van der Waals surface area contributed by atoms with Gasteiger partial charge in [-0.1, -0.05) is 0 Å². The van der Waals surface area contributed by atoms with Gasteiger partial charge in [-0.05, 0) is 25.5 Å². The number of anilines is 1. The lowest BCUT2D eigenvalue weighted by Crippen LogP contribution is -2.29. The molecule has 2 aromatic rings. The van der Waals surface area contributed by atoms with Crippen LogP contribution in [0.4, 0.5) is 11.6 Å². The average molecular weight is 375 g/mol. The van der Waals surface area contributed by atoms with Crippen molar-refractivity contribution in [1.29, 1.82) is 0 Å². The predicted octanol–water partition coefficient (Wildman–Crippen LogP) is 1.75. The monoisotopic (exact) mass is 375 g/mol. The summed E-state index contributed by atoms with van der Waals surface area (Å²) in [5, 5.41) is 28.5. The highest BCUT2D eigenvalue weighted by atomic mass is 16.6. The van der Waals surface area contributed by atoms with Crippen molar-refractivity contribution in [3.63, 3.8) is 0 Å². The summed E-state index contributed by atoms with van der Waals surface area (Å²) in [6, 6.07) is 1.73. The molecule has 0 radical (unpaired) electrons. The van der Waals surface area contributed by atoms with Crippen LogP contribution in [-0.2, 0) is 9.53 Å². The molecule has 0 saturated heterocycles. The Bertz CT molecular complexity index is 951. The lowest BCUT2D eigenvalue weighted by atomic mass is 9.95. The molecule has 2 N–H and O–H groups in total. The summed E-state index contributed by atoms with van der Waals surface area (Å²) >= 11 is 0. The SMILES string of the molecule is CCOC(=O)C1=C(C)Nc2ncnn2[C@@H]1c1cc(OC)c(O)c([N+](=O)[O-])c1. The summed E-state index contributed by atoms with van der Waals surface area (Å²) < 4.78 is 11.6. The number of carbonyl (C=O) groups excluding carboxylic acids is 1. The number of nitro groups is 1. The number of aromatic nitrogens is 3. The van der Waals surface area contributed by atoms with Crippen LogP contribution in [0, 0.1) is 10.1 Å². The number of nitro benzene ring substituents is 1. The van der Waals surface area contributed by atoms with E-state index in [0.29, 0.717) is 17.2 Å². The van der Waals surface area contributed by atoms with Crippen molar-refractivity contribution in [2.24, 2.45) is 0 Å². The number of methoxy groups -OCH3 is 1. The minimum atomic E-state index is -0.851. The number of phenols is 1. The van der Waals surface area contributed by atoms with Gasteiger partial charge in [-0.15, -0.1) is 0 Å². The number of aromatic hydroxyl groups is 1. The lowest BCUT2D eigenvalue weighted by molar-refractivity contribution is -0.386. The number of allylic oxidation sites excluding steroid dienone is 1. The zero-order valence-electron chi connectivity index (χ0n) is 14.8. The molecule has 11 nitrogen and oxygen atoms in total. The van der Waals surface area contributed by atoms with E-state index in [0.717, 1.165) is 0 Å². The number of benzene rings is 1. The van der Waals surface area contributed by atoms with Crippen LogP contribution in [0.1, 0.15) is 25.5 Å². The number of phenolic OH excluding ortho intramolecular Hbond substituents is 1. The molecule has 11 heteroatoms. The van der Waals surface area contributed by atoms with E-state index in [-0.39, 0.29) is 17.9 Å². The summed E-state index contributed by atoms with van der Waals surface area (Å²) in [5.74, 6) is -0.929. The fraction of sp³-hybridized carbons (Fsp3) is 0.312. The van der Waals surface area contributed by atoms with Crippen molar-refractivity contribution in [2.45, 2.75) is 19.9 Å². The van der Waals surface area contributed by atoms with Gasteiger partial charge in [-0.3, -0.25) is 10.1 Å². The molecule has 0 bridgehead atoms. The molecule has 0 saturated carbocycles. The molecule has 3 rings (SSSR count). The highest BCUT2D eigenvalue weighted by Gasteiger charge is 2.36. The van der Waals surface area contributed by atoms with E-state index >= 15 is 0 Å². The Morgan fingerprint density at radius 1 is 1.48 bits per heavy atom. The third kappa shape index (κ3) is 3.03. The fourth-order valence-electron chi connectivity index (χ4n) is 2.94. The van der Waals surface area contributed by atoms with Crippen LogP contribution in [0.2, 0.25) is 0 Å². The number of hydrogen-bond acceptors (Lipinski definition) is 9. The second-order valence-corrected chi connectivity index (χ2v) is 5.66. The minimum absolute atomic E-state index is 0.0970. The molecule has 1 aliphatic rings. The molecule has 0 aliphatic carbocycles. The van der Waals surface area contributed by atoms with Crippen LogP contribution in [-0.4, -0.2) is 44.5 Å². The first-order valence-electron chi connectivity index (χ1n) is 7.98. The molecule has 0 fully saturated rings. The number of esters is 1. The molecule has 2 heterocycles. The van der Waals surface area contributed by atoms with Crippen LogP contribution in [0.3, 0.4) is 0 Å². The standard InChI is InChI=1S/C16H17N5O6/c1-4-27-15(23)12-8(2)19-16-17-7-18-20(16)13(12)9-5-10(21(24)25)14(22)11(6-9)26-3/h5-7,13,22H,4H2,1-3H3,(H,17,18,19)/t13-/m1/s1. The van der Waals surface area contributed by atoms with Crippen molar-refractivity contribution in [2.75, 3.05) is 19.0 Å². The summed E-state index contributed by atoms with van der Waals surface area (Å²) in [5.41, 5.74) is 0.461. The molecule has 142 valence electrons. The molecular weight excluding hydrogens is 358 g/mol. The van der Waals surface area contributed by atoms with Gasteiger partial charge >= 0.3 is 11.7 Å². The van der Waals surface area contributed by atoms with Gasteiger partial charge in [0, 0.05) is 11.8 Å². The Morgan fingerprint density at radius 2 is 2.22 bits per heavy atom. The molecule has 1 aromatic heterocycles. The van der Waals surface area contributed by atoms with Crippen molar-refractivity contribution in [1.82, 2.24) is 14.8 Å². The number of nitrogens with zero attached hydrogens (tertiary/aromatic N) is 4. The van der Waals surface area contributed by atoms with Crippen molar-refractivity contribution in [3.05, 3.63) is 45.4 Å². The predicted molar refractivity (Wildman–Crippen MR) is 92.4 cm³/mol. The van der Waals surface area contributed by atoms with Gasteiger partial charge in [0.25, 0.3) is 0 Å². The van der Waals surface area contributed by atoms with E-state index < -0.39 is 28.4 Å². The molecule has 27 heavy (non-hydrogen) atoms. The Labute approximate surface area is 153 Å². The number of fused-ring (bicyclic) bond motifs is 1. The molecule has 1 atom stereocenters. The lowest BCUT2D eigenvalue weighted by Gasteiger charge is -2.28. The number of nitrogens with one attached hydrogen (secondary N) is 1. The highest BCUT2D eigenvalue weighted by Crippen LogP contribution is 2.42. The van der Waals surface area contributed by atoms with E-state index in [1.165, 1.54) is 30.3 Å². The smallest absolute Gasteiger partial charge is 0.338 e. The third-order valence-corrected chi connectivity index (χ3v) is 4.10. The quantitative estimate of drug-likeness (QED) is 0.454. The Hall–Kier alpha value is -3.63. The molecule has 1 aromatic carbocycles. The van der Waals surface area contributed by atoms with E-state index in [1.54, 1.807) is 13.8 Å². The van der Waals surface area contributed by atoms with Crippen LogP contribution in [0.25, 0.3) is 0 Å². The van der Waals surface area contributed by atoms with Crippen LogP contribution in [0.5, 0.6) is 11.5 Å². The van der Waals surface area contributed by atoms with Gasteiger partial charge in [0.1, 0.15) is 12.4 Å². The molecular formula is C16H17N5O6. The summed E-state index contributed by atoms with van der Waals surface area (Å²) in [6.07, 6.45) is 1.29. The van der Waals surface area contributed by atoms with Gasteiger partial charge in [0.05, 0.1) is 24.2 Å². The van der Waals surface area contributed by atoms with E-state index in [4.69, 9.17) is 9.47 Å². The average Bonchev–Trinajstić information content (AvgIpc) is 3.08. The van der Waals surface area contributed by atoms with Gasteiger partial charge in [0.15, 0.2) is 5.75 Å². The topological polar surface area (TPSA) is 142 Å². The Kier molecular flexibility index (Phi) is 4.67. The Balaban J connectivity index is 2.25. The number of carbonyl (C=O) groups is 1. The second kappa shape index (κ2) is 6.94. The molecule has 1 aliphatic heterocycles. The van der Waals surface area contributed by atoms with Crippen molar-refractivity contribution < 1.29 is 24.3 Å². The first kappa shape index (κ1) is 18.2. The zero-order valence-corrected chi connectivity index (χ0v) is 14.8. The molecule has 0 amide bonds. The van der Waals surface area contributed by atoms with Crippen molar-refractivity contribution in [3.8, 4) is 11.5 Å². The summed E-state index contributed by atoms with van der Waals surface area (Å²) in [4.78, 5) is 27.3. The molecule has 0 unspecified atom stereocenters. The van der Waals surface area contributed by atoms with E-state index in [1.807, 2.05) is 0 Å². The van der Waals surface area contributed by atoms with Crippen LogP contribution >= 0.6 is 0 Å². The number of ether oxygens (including phenoxy) is 2. The molecule has 0 spiro atoms. The number of hydrogen-bond donors (Lipinski definition) is 2. The summed E-state index contributed by atoms with van der Waals surface area (Å²) in [7, 11) is 1.28. The Morgan fingerprint density at radius 3 is 2.85 bits per heavy atom. The normalized spacial score (nSPS) is 15.7. The van der Waals surface area contributed by atoms with E-state index in [2.05, 4.69) is 15.4 Å². The second-order valence-electron chi connectivity index (χ2n) is 5.66. The highest BCUT2D eigenvalue weighted by molar-refractivity contribution is 5.92. The summed E-state index contributed by atoms with van der Waals surface area (Å²) in [6.45, 7) is 3.50. The van der Waals surface area contributed by atoms with Crippen molar-refractivity contribution >= 4 is 17.6 Å². The van der Waals surface area contributed by atoms with Gasteiger partial charge < -0.3 is 19.9 Å². The first-order chi connectivity index (χ1) is 12.9. The maximum Gasteiger partial charge on any atom is 0.338 e. The van der Waals surface area contributed by atoms with Crippen LogP contribution < -0.4 is 10.1 Å². The largest absolute Gasteiger partial charge is 0.500 e. The van der Waals surface area contributed by atoms with Gasteiger partial charge in [0.2, 0.25) is 11.7 Å². The van der Waals surface area contributed by atoms with Crippen LogP contribution in [0.15, 0.2) is 29.7 Å². The van der Waals surface area contributed by atoms with Gasteiger partial charge in [-0.2, -0.15) is 10.1 Å². The first-order valence-corrected chi connectivity index (χ1v) is 7.98. The van der Waals surface area contributed by atoms with E-state index in [9.17, 15) is 20.0 Å². The maximum atomic E-state index is 12.6. The maximum absolute atomic E-state index is 12.6.